The van der Waals surface area contributed by atoms with Gasteiger partial charge in [-0.15, -0.1) is 0 Å². The first-order valence-corrected chi connectivity index (χ1v) is 6.70. The number of nitrogens with one attached hydrogen (secondary N) is 1. The number of benzene rings is 1. The van der Waals surface area contributed by atoms with Gasteiger partial charge in [0.05, 0.1) is 7.11 Å². The van der Waals surface area contributed by atoms with Crippen LogP contribution in [0.5, 0.6) is 5.75 Å². The Hall–Kier alpha value is -2.30. The van der Waals surface area contributed by atoms with Crippen molar-refractivity contribution in [2.24, 2.45) is 0 Å². The van der Waals surface area contributed by atoms with Crippen LogP contribution in [0.3, 0.4) is 0 Å². The zero-order chi connectivity index (χ0) is 16.0. The lowest BCUT2D eigenvalue weighted by Crippen LogP contribution is -2.40. The van der Waals surface area contributed by atoms with E-state index in [1.165, 1.54) is 0 Å². The predicted octanol–water partition coefficient (Wildman–Crippen LogP) is 2.46. The number of carbonyl (C=O) groups is 2. The first kappa shape index (κ1) is 16.8. The largest absolute Gasteiger partial charge is 0.496 e. The molecule has 0 aliphatic rings. The number of carboxylic acid groups (broad SMARTS) is 1. The summed E-state index contributed by atoms with van der Waals surface area (Å²) in [7, 11) is 1.58. The van der Waals surface area contributed by atoms with Crippen LogP contribution in [0, 0.1) is 13.8 Å². The fraction of sp³-hybridized carbons (Fsp3) is 0.375. The highest BCUT2D eigenvalue weighted by Gasteiger charge is 2.20. The van der Waals surface area contributed by atoms with Crippen LogP contribution in [0.15, 0.2) is 24.3 Å². The molecule has 1 rings (SSSR count). The summed E-state index contributed by atoms with van der Waals surface area (Å²) >= 11 is 0. The number of amides is 1. The number of aryl methyl sites for hydroxylation is 2. The average Bonchev–Trinajstić information content (AvgIpc) is 2.42. The maximum atomic E-state index is 12.2. The van der Waals surface area contributed by atoms with Crippen molar-refractivity contribution in [2.75, 3.05) is 7.11 Å². The van der Waals surface area contributed by atoms with Gasteiger partial charge in [0.2, 0.25) is 0 Å². The van der Waals surface area contributed by atoms with Crippen LogP contribution in [-0.4, -0.2) is 30.1 Å². The van der Waals surface area contributed by atoms with Gasteiger partial charge in [-0.1, -0.05) is 12.2 Å². The molecule has 5 heteroatoms. The van der Waals surface area contributed by atoms with E-state index in [2.05, 4.69) is 5.32 Å². The smallest absolute Gasteiger partial charge is 0.326 e. The standard InChI is InChI=1S/C16H21NO4/c1-5-6-7-13(16(19)20)17-15(18)12-8-10(2)14(21-4)11(3)9-12/h5-6,8-9,13H,7H2,1-4H3,(H,17,18)(H,19,20)/b6-5+. The highest BCUT2D eigenvalue weighted by Crippen LogP contribution is 2.24. The lowest BCUT2D eigenvalue weighted by Gasteiger charge is -2.15. The van der Waals surface area contributed by atoms with E-state index in [0.717, 1.165) is 16.9 Å². The summed E-state index contributed by atoms with van der Waals surface area (Å²) in [6, 6.07) is 2.45. The third-order valence-corrected chi connectivity index (χ3v) is 3.14. The summed E-state index contributed by atoms with van der Waals surface area (Å²) < 4.78 is 5.25. The first-order chi connectivity index (χ1) is 9.90. The molecule has 0 aromatic heterocycles. The molecule has 1 atom stereocenters. The highest BCUT2D eigenvalue weighted by atomic mass is 16.5. The fourth-order valence-electron chi connectivity index (χ4n) is 2.14. The van der Waals surface area contributed by atoms with Crippen LogP contribution in [0.4, 0.5) is 0 Å². The summed E-state index contributed by atoms with van der Waals surface area (Å²) in [5, 5.41) is 11.6. The number of carbonyl (C=O) groups excluding carboxylic acids is 1. The number of carboxylic acids is 1. The third kappa shape index (κ3) is 4.34. The molecule has 0 spiro atoms. The molecule has 0 heterocycles. The second-order valence-corrected chi connectivity index (χ2v) is 4.81. The summed E-state index contributed by atoms with van der Waals surface area (Å²) in [4.78, 5) is 23.3. The van der Waals surface area contributed by atoms with E-state index in [9.17, 15) is 9.59 Å². The monoisotopic (exact) mass is 291 g/mol. The third-order valence-electron chi connectivity index (χ3n) is 3.14. The topological polar surface area (TPSA) is 75.6 Å². The van der Waals surface area contributed by atoms with Gasteiger partial charge in [0, 0.05) is 5.56 Å². The number of allylic oxidation sites excluding steroid dienone is 1. The normalized spacial score (nSPS) is 12.2. The molecule has 0 saturated heterocycles. The molecule has 1 aromatic carbocycles. The van der Waals surface area contributed by atoms with Crippen LogP contribution in [-0.2, 0) is 4.79 Å². The number of methoxy groups -OCH3 is 1. The van der Waals surface area contributed by atoms with Gasteiger partial charge in [0.25, 0.3) is 5.91 Å². The quantitative estimate of drug-likeness (QED) is 0.789. The van der Waals surface area contributed by atoms with Crippen molar-refractivity contribution in [3.05, 3.63) is 41.0 Å². The number of hydrogen-bond donors (Lipinski definition) is 2. The van der Waals surface area contributed by atoms with Gasteiger partial charge in [-0.05, 0) is 50.5 Å². The van der Waals surface area contributed by atoms with Crippen LogP contribution < -0.4 is 10.1 Å². The maximum Gasteiger partial charge on any atom is 0.326 e. The molecule has 0 saturated carbocycles. The van der Waals surface area contributed by atoms with E-state index < -0.39 is 17.9 Å². The first-order valence-electron chi connectivity index (χ1n) is 6.70. The fourth-order valence-corrected chi connectivity index (χ4v) is 2.14. The van der Waals surface area contributed by atoms with Crippen molar-refractivity contribution in [3.63, 3.8) is 0 Å². The summed E-state index contributed by atoms with van der Waals surface area (Å²) in [6.07, 6.45) is 3.72. The Kier molecular flexibility index (Phi) is 5.96. The second-order valence-electron chi connectivity index (χ2n) is 4.81. The summed E-state index contributed by atoms with van der Waals surface area (Å²) in [5.74, 6) is -0.723. The molecule has 1 amide bonds. The lowest BCUT2D eigenvalue weighted by molar-refractivity contribution is -0.139. The molecule has 0 fully saturated rings. The van der Waals surface area contributed by atoms with Crippen molar-refractivity contribution >= 4 is 11.9 Å². The van der Waals surface area contributed by atoms with E-state index in [1.807, 2.05) is 13.8 Å². The van der Waals surface area contributed by atoms with Crippen LogP contribution in [0.2, 0.25) is 0 Å². The second kappa shape index (κ2) is 7.47. The Morgan fingerprint density at radius 2 is 1.90 bits per heavy atom. The van der Waals surface area contributed by atoms with E-state index >= 15 is 0 Å². The van der Waals surface area contributed by atoms with E-state index in [1.54, 1.807) is 38.3 Å². The molecule has 0 bridgehead atoms. The van der Waals surface area contributed by atoms with E-state index in [4.69, 9.17) is 9.84 Å². The van der Waals surface area contributed by atoms with Crippen molar-refractivity contribution in [1.82, 2.24) is 5.32 Å². The van der Waals surface area contributed by atoms with Gasteiger partial charge in [0.1, 0.15) is 11.8 Å². The molecule has 0 aliphatic carbocycles. The van der Waals surface area contributed by atoms with E-state index in [0.29, 0.717) is 5.56 Å². The molecule has 5 nitrogen and oxygen atoms in total. The minimum absolute atomic E-state index is 0.256. The maximum absolute atomic E-state index is 12.2. The van der Waals surface area contributed by atoms with Gasteiger partial charge in [-0.3, -0.25) is 4.79 Å². The van der Waals surface area contributed by atoms with Gasteiger partial charge in [-0.25, -0.2) is 4.79 Å². The average molecular weight is 291 g/mol. The van der Waals surface area contributed by atoms with Gasteiger partial charge < -0.3 is 15.2 Å². The predicted molar refractivity (Wildman–Crippen MR) is 80.8 cm³/mol. The van der Waals surface area contributed by atoms with Crippen molar-refractivity contribution in [3.8, 4) is 5.75 Å². The zero-order valence-electron chi connectivity index (χ0n) is 12.8. The molecule has 0 radical (unpaired) electrons. The van der Waals surface area contributed by atoms with Gasteiger partial charge in [0.15, 0.2) is 0 Å². The highest BCUT2D eigenvalue weighted by molar-refractivity contribution is 5.97. The molecule has 0 aliphatic heterocycles. The lowest BCUT2D eigenvalue weighted by atomic mass is 10.0. The van der Waals surface area contributed by atoms with Crippen LogP contribution in [0.25, 0.3) is 0 Å². The number of hydrogen-bond acceptors (Lipinski definition) is 3. The Balaban J connectivity index is 2.95. The molecule has 114 valence electrons. The number of aliphatic carboxylic acids is 1. The molecule has 1 unspecified atom stereocenters. The Morgan fingerprint density at radius 1 is 1.33 bits per heavy atom. The van der Waals surface area contributed by atoms with Gasteiger partial charge >= 0.3 is 5.97 Å². The number of rotatable bonds is 6. The number of ether oxygens (including phenoxy) is 1. The summed E-state index contributed by atoms with van der Waals surface area (Å²) in [5.41, 5.74) is 2.10. The van der Waals surface area contributed by atoms with Crippen molar-refractivity contribution < 1.29 is 19.4 Å². The molecule has 21 heavy (non-hydrogen) atoms. The zero-order valence-corrected chi connectivity index (χ0v) is 12.8. The molecule has 1 aromatic rings. The summed E-state index contributed by atoms with van der Waals surface area (Å²) in [6.45, 7) is 5.49. The van der Waals surface area contributed by atoms with E-state index in [-0.39, 0.29) is 6.42 Å². The Labute approximate surface area is 124 Å². The molecular weight excluding hydrogens is 270 g/mol. The van der Waals surface area contributed by atoms with Crippen molar-refractivity contribution in [1.29, 1.82) is 0 Å². The minimum atomic E-state index is -1.05. The van der Waals surface area contributed by atoms with Crippen molar-refractivity contribution in [2.45, 2.75) is 33.2 Å². The Bertz CT molecular complexity index is 540. The Morgan fingerprint density at radius 3 is 2.33 bits per heavy atom. The molecular formula is C16H21NO4. The van der Waals surface area contributed by atoms with Gasteiger partial charge in [-0.2, -0.15) is 0 Å². The SMILES string of the molecule is C/C=C/CC(NC(=O)c1cc(C)c(OC)c(C)c1)C(=O)O. The molecule has 2 N–H and O–H groups in total. The van der Waals surface area contributed by atoms with Crippen LogP contribution >= 0.6 is 0 Å². The minimum Gasteiger partial charge on any atom is -0.496 e. The van der Waals surface area contributed by atoms with Crippen LogP contribution in [0.1, 0.15) is 34.8 Å².